The second-order valence-corrected chi connectivity index (χ2v) is 8.65. The minimum atomic E-state index is -0.576. The summed E-state index contributed by atoms with van der Waals surface area (Å²) in [5, 5.41) is 0. The van der Waals surface area contributed by atoms with Crippen molar-refractivity contribution in [1.82, 2.24) is 0 Å². The van der Waals surface area contributed by atoms with E-state index >= 15 is 0 Å². The van der Waals surface area contributed by atoms with E-state index in [-0.39, 0.29) is 10.8 Å². The van der Waals surface area contributed by atoms with Gasteiger partial charge in [-0.2, -0.15) is 0 Å². The van der Waals surface area contributed by atoms with E-state index in [1.165, 1.54) is 22.3 Å². The first-order chi connectivity index (χ1) is 9.15. The lowest BCUT2D eigenvalue weighted by Gasteiger charge is -2.34. The molecule has 0 amide bonds. The van der Waals surface area contributed by atoms with Crippen molar-refractivity contribution in [2.75, 3.05) is 0 Å². The topological polar surface area (TPSA) is 0 Å². The van der Waals surface area contributed by atoms with Crippen molar-refractivity contribution in [3.8, 4) is 0 Å². The molecule has 0 aromatic heterocycles. The molecule has 0 saturated carbocycles. The largest absolute Gasteiger partial charge is 0.0587 e. The molecule has 0 bridgehead atoms. The lowest BCUT2D eigenvalue weighted by atomic mass is 9.70. The monoisotopic (exact) mass is 275 g/mol. The van der Waals surface area contributed by atoms with Gasteiger partial charge in [0.15, 0.2) is 0 Å². The third kappa shape index (κ3) is 3.65. The van der Waals surface area contributed by atoms with E-state index in [0.29, 0.717) is 5.92 Å². The van der Waals surface area contributed by atoms with Crippen molar-refractivity contribution in [1.29, 1.82) is 0 Å². The molecule has 0 unspecified atom stereocenters. The minimum absolute atomic E-state index is 0.0474. The Balaban J connectivity index is 3.88. The van der Waals surface area contributed by atoms with Crippen LogP contribution in [0, 0.1) is 0 Å². The Labute approximate surface area is 128 Å². The van der Waals surface area contributed by atoms with E-state index < -0.39 is 5.89 Å². The lowest BCUT2D eigenvalue weighted by Crippen LogP contribution is -2.25. The highest BCUT2D eigenvalue weighted by Gasteiger charge is 2.29. The maximum absolute atomic E-state index is 8.63. The molecule has 0 aliphatic heterocycles. The third-order valence-corrected chi connectivity index (χ3v) is 3.92. The SMILES string of the molecule is [2H]C(C)(C)c1cc(C(C)C)cc(C(C)(C)C)c1C(C)(C)C. The molecule has 0 aliphatic carbocycles. The van der Waals surface area contributed by atoms with Crippen molar-refractivity contribution < 1.29 is 1.37 Å². The Bertz CT molecular complexity index is 467. The van der Waals surface area contributed by atoms with Crippen molar-refractivity contribution in [3.05, 3.63) is 34.4 Å². The summed E-state index contributed by atoms with van der Waals surface area (Å²) >= 11 is 0. The van der Waals surface area contributed by atoms with Crippen molar-refractivity contribution in [2.24, 2.45) is 0 Å². The normalized spacial score (nSPS) is 14.7. The van der Waals surface area contributed by atoms with E-state index in [4.69, 9.17) is 1.37 Å². The summed E-state index contributed by atoms with van der Waals surface area (Å²) in [6, 6.07) is 4.65. The van der Waals surface area contributed by atoms with Gasteiger partial charge in [-0.05, 0) is 44.9 Å². The zero-order valence-electron chi connectivity index (χ0n) is 16.2. The molecule has 114 valence electrons. The van der Waals surface area contributed by atoms with Crippen LogP contribution in [0.3, 0.4) is 0 Å². The van der Waals surface area contributed by atoms with Gasteiger partial charge in [-0.25, -0.2) is 0 Å². The fraction of sp³-hybridized carbons (Fsp3) is 0.700. The predicted octanol–water partition coefficient (Wildman–Crippen LogP) is 6.53. The van der Waals surface area contributed by atoms with Gasteiger partial charge in [0.1, 0.15) is 0 Å². The van der Waals surface area contributed by atoms with Gasteiger partial charge in [-0.1, -0.05) is 81.4 Å². The fourth-order valence-corrected chi connectivity index (χ4v) is 2.79. The first kappa shape index (κ1) is 15.6. The summed E-state index contributed by atoms with van der Waals surface area (Å²) in [4.78, 5) is 0. The van der Waals surface area contributed by atoms with Crippen molar-refractivity contribution in [2.45, 2.75) is 91.9 Å². The molecule has 0 heteroatoms. The van der Waals surface area contributed by atoms with Crippen LogP contribution in [0.4, 0.5) is 0 Å². The van der Waals surface area contributed by atoms with Crippen LogP contribution in [-0.4, -0.2) is 0 Å². The Morgan fingerprint density at radius 2 is 1.35 bits per heavy atom. The molecule has 20 heavy (non-hydrogen) atoms. The van der Waals surface area contributed by atoms with Crippen LogP contribution in [0.2, 0.25) is 0 Å². The number of rotatable bonds is 2. The molecular formula is C20H34. The average Bonchev–Trinajstić information content (AvgIpc) is 2.23. The molecule has 0 heterocycles. The third-order valence-electron chi connectivity index (χ3n) is 3.92. The van der Waals surface area contributed by atoms with E-state index in [9.17, 15) is 0 Å². The first-order valence-electron chi connectivity index (χ1n) is 8.35. The molecule has 0 saturated heterocycles. The van der Waals surface area contributed by atoms with Crippen LogP contribution in [0.25, 0.3) is 0 Å². The lowest BCUT2D eigenvalue weighted by molar-refractivity contribution is 0.520. The van der Waals surface area contributed by atoms with E-state index in [0.717, 1.165) is 0 Å². The van der Waals surface area contributed by atoms with E-state index in [1.807, 2.05) is 13.8 Å². The van der Waals surface area contributed by atoms with Gasteiger partial charge in [0.25, 0.3) is 0 Å². The van der Waals surface area contributed by atoms with Crippen LogP contribution in [0.15, 0.2) is 12.1 Å². The molecule has 0 N–H and O–H groups in total. The maximum atomic E-state index is 8.63. The zero-order chi connectivity index (χ0) is 16.8. The summed E-state index contributed by atoms with van der Waals surface area (Å²) in [5.74, 6) is -0.0886. The summed E-state index contributed by atoms with van der Waals surface area (Å²) in [6.45, 7) is 22.1. The molecule has 0 nitrogen and oxygen atoms in total. The quantitative estimate of drug-likeness (QED) is 0.575. The molecule has 0 spiro atoms. The van der Waals surface area contributed by atoms with Crippen molar-refractivity contribution >= 4 is 0 Å². The van der Waals surface area contributed by atoms with E-state index in [2.05, 4.69) is 67.5 Å². The molecule has 0 fully saturated rings. The standard InChI is InChI=1S/C20H34/c1-13(2)15-11-16(14(3)4)18(20(8,9)10)17(12-15)19(5,6)7/h11-14H,1-10H3/i14D. The van der Waals surface area contributed by atoms with Crippen LogP contribution in [-0.2, 0) is 10.8 Å². The Morgan fingerprint density at radius 1 is 0.850 bits per heavy atom. The zero-order valence-corrected chi connectivity index (χ0v) is 15.2. The van der Waals surface area contributed by atoms with Gasteiger partial charge >= 0.3 is 0 Å². The summed E-state index contributed by atoms with van der Waals surface area (Å²) in [5.41, 5.74) is 5.43. The smallest absolute Gasteiger partial charge is 0.0347 e. The second-order valence-electron chi connectivity index (χ2n) is 8.65. The molecule has 0 radical (unpaired) electrons. The van der Waals surface area contributed by atoms with Gasteiger partial charge in [-0.3, -0.25) is 0 Å². The molecule has 1 aromatic rings. The Hall–Kier alpha value is -0.780. The maximum Gasteiger partial charge on any atom is 0.0347 e. The van der Waals surface area contributed by atoms with Crippen LogP contribution >= 0.6 is 0 Å². The highest BCUT2D eigenvalue weighted by molar-refractivity contribution is 5.48. The summed E-state index contributed by atoms with van der Waals surface area (Å²) in [6.07, 6.45) is 0. The molecule has 1 aromatic carbocycles. The van der Waals surface area contributed by atoms with Crippen LogP contribution < -0.4 is 0 Å². The van der Waals surface area contributed by atoms with Crippen LogP contribution in [0.5, 0.6) is 0 Å². The number of hydrogen-bond acceptors (Lipinski definition) is 0. The predicted molar refractivity (Wildman–Crippen MR) is 92.0 cm³/mol. The highest BCUT2D eigenvalue weighted by Crippen LogP contribution is 2.40. The number of benzene rings is 1. The first-order valence-corrected chi connectivity index (χ1v) is 7.85. The van der Waals surface area contributed by atoms with E-state index in [1.54, 1.807) is 0 Å². The van der Waals surface area contributed by atoms with Crippen LogP contribution in [0.1, 0.15) is 105 Å². The Kier molecular flexibility index (Phi) is 4.33. The van der Waals surface area contributed by atoms with Gasteiger partial charge in [-0.15, -0.1) is 0 Å². The average molecular weight is 275 g/mol. The summed E-state index contributed by atoms with van der Waals surface area (Å²) in [7, 11) is 0. The highest BCUT2D eigenvalue weighted by atomic mass is 14.3. The second kappa shape index (κ2) is 5.54. The Morgan fingerprint density at radius 3 is 1.65 bits per heavy atom. The summed E-state index contributed by atoms with van der Waals surface area (Å²) < 4.78 is 8.63. The van der Waals surface area contributed by atoms with Gasteiger partial charge in [0.05, 0.1) is 0 Å². The molecule has 1 rings (SSSR count). The molecular weight excluding hydrogens is 240 g/mol. The van der Waals surface area contributed by atoms with Crippen molar-refractivity contribution in [3.63, 3.8) is 0 Å². The molecule has 0 aliphatic rings. The van der Waals surface area contributed by atoms with Gasteiger partial charge in [0.2, 0.25) is 0 Å². The molecule has 0 atom stereocenters. The van der Waals surface area contributed by atoms with Gasteiger partial charge in [0, 0.05) is 1.37 Å². The minimum Gasteiger partial charge on any atom is -0.0587 e. The fourth-order valence-electron chi connectivity index (χ4n) is 2.79. The van der Waals surface area contributed by atoms with Gasteiger partial charge < -0.3 is 0 Å². The number of hydrogen-bond donors (Lipinski definition) is 0.